The number of thioether (sulfide) groups is 1. The number of hydrogen-bond donors (Lipinski definition) is 7. The molecule has 3 aliphatic carbocycles. The zero-order chi connectivity index (χ0) is 31.3. The van der Waals surface area contributed by atoms with Crippen molar-refractivity contribution in [2.24, 2.45) is 22.6 Å². The molecule has 0 radical (unpaired) electrons. The van der Waals surface area contributed by atoms with Crippen LogP contribution in [0.3, 0.4) is 0 Å². The highest BCUT2D eigenvalue weighted by Gasteiger charge is 2.64. The van der Waals surface area contributed by atoms with E-state index in [9.17, 15) is 39.6 Å². The minimum Gasteiger partial charge on any atom is -0.508 e. The van der Waals surface area contributed by atoms with E-state index < -0.39 is 64.1 Å². The molecule has 1 saturated carbocycles. The van der Waals surface area contributed by atoms with Crippen LogP contribution >= 0.6 is 24.2 Å². The number of fused-ring (bicyclic) bond motifs is 3. The van der Waals surface area contributed by atoms with E-state index in [1.165, 1.54) is 22.7 Å². The number of Topliss-reactive ketones (excluding diaryl/α,β-unsaturated/α-hetero) is 2. The molecule has 0 spiro atoms. The molecule has 0 unspecified atom stereocenters. The number of aromatic hydroxyl groups is 1. The summed E-state index contributed by atoms with van der Waals surface area (Å²) in [7, 11) is 6.75. The van der Waals surface area contributed by atoms with E-state index in [4.69, 9.17) is 10.8 Å². The number of phenols is 1. The van der Waals surface area contributed by atoms with E-state index in [2.05, 4.69) is 10.3 Å². The van der Waals surface area contributed by atoms with Crippen molar-refractivity contribution in [1.82, 2.24) is 10.2 Å². The molecule has 1 aliphatic heterocycles. The van der Waals surface area contributed by atoms with Crippen LogP contribution in [0.4, 0.5) is 10.5 Å². The summed E-state index contributed by atoms with van der Waals surface area (Å²) in [4.78, 5) is 55.8. The molecule has 1 aromatic rings. The Morgan fingerprint density at radius 1 is 1.14 bits per heavy atom. The van der Waals surface area contributed by atoms with Gasteiger partial charge in [0, 0.05) is 37.0 Å². The Morgan fingerprint density at radius 3 is 2.30 bits per heavy atom. The molecule has 0 bridgehead atoms. The number of nitrogens with one attached hydrogen (secondary N) is 1. The Balaban J connectivity index is 0.000000435. The highest BCUT2D eigenvalue weighted by molar-refractivity contribution is 8.14. The molecular weight excluding hydrogens is 606 g/mol. The largest absolute Gasteiger partial charge is 0.508 e. The van der Waals surface area contributed by atoms with Crippen molar-refractivity contribution in [3.05, 3.63) is 40.2 Å². The number of benzene rings is 1. The Kier molecular flexibility index (Phi) is 9.75. The third-order valence-electron chi connectivity index (χ3n) is 7.86. The van der Waals surface area contributed by atoms with Crippen LogP contribution in [0.1, 0.15) is 17.5 Å². The first-order valence-corrected chi connectivity index (χ1v) is 14.0. The molecule has 43 heavy (non-hydrogen) atoms. The summed E-state index contributed by atoms with van der Waals surface area (Å²) < 4.78 is 0. The lowest BCUT2D eigenvalue weighted by molar-refractivity contribution is -0.153. The monoisotopic (exact) mass is 639 g/mol. The van der Waals surface area contributed by atoms with Gasteiger partial charge in [-0.1, -0.05) is 11.8 Å². The molecule has 1 aromatic carbocycles. The normalized spacial score (nSPS) is 25.9. The van der Waals surface area contributed by atoms with Gasteiger partial charge in [0.1, 0.15) is 22.8 Å². The first kappa shape index (κ1) is 33.7. The van der Waals surface area contributed by atoms with Crippen LogP contribution < -0.4 is 16.0 Å². The number of phenolic OH excluding ortho intramolecular Hbond substituents is 1. The fourth-order valence-corrected chi connectivity index (χ4v) is 6.87. The predicted molar refractivity (Wildman–Crippen MR) is 162 cm³/mol. The fourth-order valence-electron chi connectivity index (χ4n) is 6.15. The highest BCUT2D eigenvalue weighted by Crippen LogP contribution is 2.53. The summed E-state index contributed by atoms with van der Waals surface area (Å²) in [6.07, 6.45) is -0.715. The number of likely N-dealkylation sites (N-methyl/N-ethyl adjacent to an activating group) is 1. The van der Waals surface area contributed by atoms with Gasteiger partial charge in [0.15, 0.2) is 16.6 Å². The Hall–Kier alpha value is -3.79. The summed E-state index contributed by atoms with van der Waals surface area (Å²) in [6.45, 7) is 0.722. The van der Waals surface area contributed by atoms with Crippen molar-refractivity contribution in [3.63, 3.8) is 0 Å². The molecule has 14 nitrogen and oxygen atoms in total. The van der Waals surface area contributed by atoms with Gasteiger partial charge in [0.25, 0.3) is 5.91 Å². The maximum atomic E-state index is 13.7. The second kappa shape index (κ2) is 12.4. The number of anilines is 1. The molecule has 1 heterocycles. The molecular formula is C27H34ClN5O9S. The van der Waals surface area contributed by atoms with Crippen LogP contribution in [-0.2, 0) is 20.8 Å². The number of primary amides is 1. The first-order chi connectivity index (χ1) is 19.6. The SMILES string of the molecule is CN(C)c1ccc(O)c2c1C[C@H]1C[C@H]3[C@H](N(C)C)C(=O)C(C(N)=O)=C(O)[C@@]3(O)C(=O)C1=C2O.Cl.O=C(O)NC1=NCCS1. The van der Waals surface area contributed by atoms with E-state index in [0.29, 0.717) is 10.7 Å². The smallest absolute Gasteiger partial charge is 0.410 e. The number of ketones is 2. The highest BCUT2D eigenvalue weighted by atomic mass is 35.5. The summed E-state index contributed by atoms with van der Waals surface area (Å²) in [5, 5.41) is 54.8. The second-order valence-corrected chi connectivity index (χ2v) is 11.9. The number of carboxylic acid groups (broad SMARTS) is 1. The zero-order valence-electron chi connectivity index (χ0n) is 23.8. The maximum Gasteiger partial charge on any atom is 0.410 e. The van der Waals surface area contributed by atoms with Crippen molar-refractivity contribution in [2.75, 3.05) is 45.4 Å². The number of aliphatic imine (C=N–C) groups is 1. The number of aliphatic hydroxyl groups excluding tert-OH is 2. The minimum atomic E-state index is -2.63. The summed E-state index contributed by atoms with van der Waals surface area (Å²) in [5.74, 6) is -5.66. The number of aliphatic hydroxyl groups is 3. The van der Waals surface area contributed by atoms with E-state index >= 15 is 0 Å². The number of nitrogens with two attached hydrogens (primary N) is 1. The quantitative estimate of drug-likeness (QED) is 0.228. The van der Waals surface area contributed by atoms with Crippen LogP contribution in [-0.4, -0.2) is 111 Å². The van der Waals surface area contributed by atoms with Crippen molar-refractivity contribution < 1.29 is 44.7 Å². The Labute approximate surface area is 257 Å². The lowest BCUT2D eigenvalue weighted by Crippen LogP contribution is -2.65. The number of hydrogen-bond acceptors (Lipinski definition) is 12. The number of amides is 2. The molecule has 16 heteroatoms. The molecule has 2 amide bonds. The predicted octanol–water partition coefficient (Wildman–Crippen LogP) is 0.809. The fraction of sp³-hybridized carbons (Fsp3) is 0.444. The maximum absolute atomic E-state index is 13.7. The van der Waals surface area contributed by atoms with Gasteiger partial charge in [0.2, 0.25) is 5.78 Å². The van der Waals surface area contributed by atoms with E-state index in [-0.39, 0.29) is 42.1 Å². The Bertz CT molecular complexity index is 1470. The lowest BCUT2D eigenvalue weighted by Gasteiger charge is -2.50. The zero-order valence-corrected chi connectivity index (χ0v) is 25.5. The molecule has 8 N–H and O–H groups in total. The van der Waals surface area contributed by atoms with Gasteiger partial charge in [0.05, 0.1) is 18.2 Å². The van der Waals surface area contributed by atoms with Crippen LogP contribution in [0.5, 0.6) is 5.75 Å². The van der Waals surface area contributed by atoms with Crippen molar-refractivity contribution in [1.29, 1.82) is 0 Å². The molecule has 4 atom stereocenters. The third-order valence-corrected chi connectivity index (χ3v) is 8.75. The topological polar surface area (TPSA) is 226 Å². The summed E-state index contributed by atoms with van der Waals surface area (Å²) in [5.41, 5.74) is 3.15. The van der Waals surface area contributed by atoms with Crippen LogP contribution in [0, 0.1) is 11.8 Å². The van der Waals surface area contributed by atoms with Gasteiger partial charge in [-0.2, -0.15) is 0 Å². The van der Waals surface area contributed by atoms with Crippen LogP contribution in [0.2, 0.25) is 0 Å². The van der Waals surface area contributed by atoms with E-state index in [1.807, 2.05) is 19.0 Å². The number of nitrogens with zero attached hydrogens (tertiary/aromatic N) is 3. The van der Waals surface area contributed by atoms with Gasteiger partial charge in [-0.25, -0.2) is 4.79 Å². The molecule has 5 rings (SSSR count). The number of carbonyl (C=O) groups excluding carboxylic acids is 3. The number of halogens is 1. The average molecular weight is 640 g/mol. The molecule has 234 valence electrons. The van der Waals surface area contributed by atoms with E-state index in [0.717, 1.165) is 18.0 Å². The molecule has 4 aliphatic rings. The molecule has 0 saturated heterocycles. The van der Waals surface area contributed by atoms with Gasteiger partial charge in [-0.15, -0.1) is 12.4 Å². The van der Waals surface area contributed by atoms with Crippen molar-refractivity contribution in [2.45, 2.75) is 24.5 Å². The summed E-state index contributed by atoms with van der Waals surface area (Å²) >= 11 is 1.43. The number of rotatable bonds is 3. The van der Waals surface area contributed by atoms with Gasteiger partial charge >= 0.3 is 6.09 Å². The van der Waals surface area contributed by atoms with Crippen LogP contribution in [0.15, 0.2) is 34.0 Å². The van der Waals surface area contributed by atoms with Crippen molar-refractivity contribution >= 4 is 64.4 Å². The minimum absolute atomic E-state index is 0. The van der Waals surface area contributed by atoms with Gasteiger partial charge in [-0.3, -0.25) is 29.6 Å². The van der Waals surface area contributed by atoms with Crippen molar-refractivity contribution in [3.8, 4) is 5.75 Å². The second-order valence-electron chi connectivity index (χ2n) is 10.8. The Morgan fingerprint density at radius 2 is 1.79 bits per heavy atom. The number of amidine groups is 1. The summed E-state index contributed by atoms with van der Waals surface area (Å²) in [6, 6.07) is 2.01. The standard InChI is InChI=1S/C23H27N3O7.C4H6N2O2S.ClH/c1-25(2)12-5-6-13(27)15-10(12)7-9-8-11-17(26(3)4)19(29)16(22(24)32)21(31)23(11,33)20(30)14(9)18(15)28;7-4(8)6-3-5-1-2-9-3;/h5-6,9,11,17,27-28,31,33H,7-8H2,1-4H3,(H2,24,32);1-2H2,(H,5,6)(H,7,8);1H/t9-,11-,17-,23-;;/m0../s1. The van der Waals surface area contributed by atoms with E-state index in [1.54, 1.807) is 20.2 Å². The van der Waals surface area contributed by atoms with Gasteiger partial charge < -0.3 is 36.2 Å². The average Bonchev–Trinajstić information content (AvgIpc) is 3.38. The molecule has 1 fully saturated rings. The number of carbonyl (C=O) groups is 4. The third kappa shape index (κ3) is 5.64. The van der Waals surface area contributed by atoms with Gasteiger partial charge in [-0.05, 0) is 50.6 Å². The molecule has 0 aromatic heterocycles. The van der Waals surface area contributed by atoms with Crippen LogP contribution in [0.25, 0.3) is 5.76 Å². The lowest BCUT2D eigenvalue weighted by atomic mass is 9.57. The first-order valence-electron chi connectivity index (χ1n) is 13.0.